The van der Waals surface area contributed by atoms with E-state index in [-0.39, 0.29) is 11.9 Å². The summed E-state index contributed by atoms with van der Waals surface area (Å²) in [7, 11) is 0. The lowest BCUT2D eigenvalue weighted by Gasteiger charge is -2.26. The highest BCUT2D eigenvalue weighted by molar-refractivity contribution is 7.22. The Labute approximate surface area is 274 Å². The Morgan fingerprint density at radius 3 is 2.20 bits per heavy atom. The number of rotatable bonds is 11. The van der Waals surface area contributed by atoms with E-state index < -0.39 is 5.60 Å². The predicted octanol–water partition coefficient (Wildman–Crippen LogP) is 8.86. The SMILES string of the molecule is CCCCOc1ccc2c(Oc3ccc(OCCN4CC5CN(C(=O)OC(C)(C)C)CC5C4)cc3)c(-c3ccc(F)cc3)sc2c1. The predicted molar refractivity (Wildman–Crippen MR) is 181 cm³/mol. The molecule has 2 atom stereocenters. The highest BCUT2D eigenvalue weighted by atomic mass is 32.1. The van der Waals surface area contributed by atoms with Crippen LogP contribution in [0.1, 0.15) is 40.5 Å². The quantitative estimate of drug-likeness (QED) is 0.152. The molecule has 7 nitrogen and oxygen atoms in total. The fraction of sp³-hybridized carbons (Fsp3) is 0.432. The van der Waals surface area contributed by atoms with E-state index in [1.807, 2.05) is 62.1 Å². The minimum atomic E-state index is -0.471. The molecule has 2 saturated heterocycles. The van der Waals surface area contributed by atoms with Crippen LogP contribution in [0.4, 0.5) is 9.18 Å². The zero-order valence-electron chi connectivity index (χ0n) is 27.1. The lowest BCUT2D eigenvalue weighted by atomic mass is 10.0. The molecule has 4 aromatic rings. The fourth-order valence-corrected chi connectivity index (χ4v) is 7.30. The average Bonchev–Trinajstić information content (AvgIpc) is 3.70. The number of hydrogen-bond acceptors (Lipinski definition) is 7. The third-order valence-electron chi connectivity index (χ3n) is 8.42. The number of amides is 1. The molecule has 244 valence electrons. The van der Waals surface area contributed by atoms with Crippen molar-refractivity contribution in [2.75, 3.05) is 45.9 Å². The van der Waals surface area contributed by atoms with Crippen molar-refractivity contribution in [2.24, 2.45) is 11.8 Å². The molecule has 0 saturated carbocycles. The van der Waals surface area contributed by atoms with Gasteiger partial charge in [0.15, 0.2) is 5.75 Å². The minimum absolute atomic E-state index is 0.204. The van der Waals surface area contributed by atoms with Crippen LogP contribution in [-0.2, 0) is 4.74 Å². The van der Waals surface area contributed by atoms with Crippen molar-refractivity contribution in [2.45, 2.75) is 46.1 Å². The van der Waals surface area contributed by atoms with Crippen LogP contribution in [0.15, 0.2) is 66.7 Å². The molecule has 0 aliphatic carbocycles. The standard InChI is InChI=1S/C37H43FN2O5S/c1-5-6-18-42-31-15-16-32-33(20-31)46-35(25-7-9-28(38)10-8-25)34(32)44-30-13-11-29(12-14-30)43-19-17-39-21-26-23-40(24-27(26)22-39)36(41)45-37(2,3)4/h7-16,20,26-27H,5-6,17-19,21-24H2,1-4H3. The average molecular weight is 647 g/mol. The van der Waals surface area contributed by atoms with Gasteiger partial charge in [-0.2, -0.15) is 0 Å². The van der Waals surface area contributed by atoms with Gasteiger partial charge in [-0.1, -0.05) is 25.5 Å². The van der Waals surface area contributed by atoms with Crippen LogP contribution in [-0.4, -0.2) is 67.4 Å². The molecule has 0 radical (unpaired) electrons. The summed E-state index contributed by atoms with van der Waals surface area (Å²) in [6.45, 7) is 13.4. The van der Waals surface area contributed by atoms with E-state index in [9.17, 15) is 9.18 Å². The number of unbranched alkanes of at least 4 members (excludes halogenated alkanes) is 1. The number of hydrogen-bond donors (Lipinski definition) is 0. The second kappa shape index (κ2) is 13.9. The molecule has 3 heterocycles. The van der Waals surface area contributed by atoms with Gasteiger partial charge >= 0.3 is 6.09 Å². The van der Waals surface area contributed by atoms with Gasteiger partial charge in [0.2, 0.25) is 0 Å². The van der Waals surface area contributed by atoms with Crippen LogP contribution in [0.2, 0.25) is 0 Å². The summed E-state index contributed by atoms with van der Waals surface area (Å²) < 4.78 is 38.9. The number of fused-ring (bicyclic) bond motifs is 2. The number of halogens is 1. The Bertz CT molecular complexity index is 1620. The van der Waals surface area contributed by atoms with Gasteiger partial charge in [-0.15, -0.1) is 11.3 Å². The summed E-state index contributed by atoms with van der Waals surface area (Å²) in [5.41, 5.74) is 0.427. The first-order valence-electron chi connectivity index (χ1n) is 16.2. The summed E-state index contributed by atoms with van der Waals surface area (Å²) in [6.07, 6.45) is 1.88. The summed E-state index contributed by atoms with van der Waals surface area (Å²) in [5, 5.41) is 0.983. The molecule has 0 spiro atoms. The molecule has 6 rings (SSSR count). The van der Waals surface area contributed by atoms with Gasteiger partial charge in [0.05, 0.1) is 11.5 Å². The van der Waals surface area contributed by atoms with Crippen LogP contribution in [0, 0.1) is 17.7 Å². The third-order valence-corrected chi connectivity index (χ3v) is 9.61. The Balaban J connectivity index is 1.05. The van der Waals surface area contributed by atoms with Crippen molar-refractivity contribution in [1.82, 2.24) is 9.80 Å². The molecular formula is C37H43FN2O5S. The molecule has 2 aliphatic rings. The largest absolute Gasteiger partial charge is 0.494 e. The van der Waals surface area contributed by atoms with Crippen molar-refractivity contribution in [3.63, 3.8) is 0 Å². The minimum Gasteiger partial charge on any atom is -0.494 e. The molecule has 0 bridgehead atoms. The number of carbonyl (C=O) groups excluding carboxylic acids is 1. The Hall–Kier alpha value is -3.82. The molecular weight excluding hydrogens is 603 g/mol. The van der Waals surface area contributed by atoms with Crippen LogP contribution in [0.25, 0.3) is 20.5 Å². The molecule has 2 fully saturated rings. The number of nitrogens with zero attached hydrogens (tertiary/aromatic N) is 2. The van der Waals surface area contributed by atoms with Gasteiger partial charge in [-0.3, -0.25) is 4.90 Å². The first-order chi connectivity index (χ1) is 22.1. The monoisotopic (exact) mass is 646 g/mol. The Morgan fingerprint density at radius 2 is 1.52 bits per heavy atom. The number of carbonyl (C=O) groups is 1. The molecule has 2 unspecified atom stereocenters. The van der Waals surface area contributed by atoms with Crippen molar-refractivity contribution in [3.05, 3.63) is 72.5 Å². The van der Waals surface area contributed by atoms with Gasteiger partial charge in [-0.25, -0.2) is 9.18 Å². The molecule has 3 aromatic carbocycles. The van der Waals surface area contributed by atoms with Crippen LogP contribution in [0.5, 0.6) is 23.0 Å². The highest BCUT2D eigenvalue weighted by Crippen LogP contribution is 2.47. The Kier molecular flexibility index (Phi) is 9.70. The molecule has 1 aromatic heterocycles. The highest BCUT2D eigenvalue weighted by Gasteiger charge is 2.42. The van der Waals surface area contributed by atoms with Gasteiger partial charge < -0.3 is 23.8 Å². The molecule has 9 heteroatoms. The van der Waals surface area contributed by atoms with Gasteiger partial charge in [0, 0.05) is 42.8 Å². The van der Waals surface area contributed by atoms with Crippen LogP contribution in [0.3, 0.4) is 0 Å². The van der Waals surface area contributed by atoms with E-state index in [1.54, 1.807) is 23.5 Å². The summed E-state index contributed by atoms with van der Waals surface area (Å²) in [4.78, 5) is 17.7. The van der Waals surface area contributed by atoms with Crippen molar-refractivity contribution >= 4 is 27.5 Å². The first kappa shape index (κ1) is 32.1. The third kappa shape index (κ3) is 7.76. The second-order valence-corrected chi connectivity index (χ2v) is 14.3. The summed E-state index contributed by atoms with van der Waals surface area (Å²) >= 11 is 1.61. The zero-order valence-corrected chi connectivity index (χ0v) is 27.9. The topological polar surface area (TPSA) is 60.5 Å². The van der Waals surface area contributed by atoms with Gasteiger partial charge in [0.25, 0.3) is 0 Å². The van der Waals surface area contributed by atoms with Crippen molar-refractivity contribution in [1.29, 1.82) is 0 Å². The summed E-state index contributed by atoms with van der Waals surface area (Å²) in [5.74, 6) is 3.75. The number of ether oxygens (including phenoxy) is 4. The Morgan fingerprint density at radius 1 is 0.870 bits per heavy atom. The smallest absolute Gasteiger partial charge is 0.410 e. The van der Waals surface area contributed by atoms with E-state index >= 15 is 0 Å². The number of benzene rings is 3. The zero-order chi connectivity index (χ0) is 32.3. The van der Waals surface area contributed by atoms with Crippen LogP contribution < -0.4 is 14.2 Å². The fourth-order valence-electron chi connectivity index (χ4n) is 6.13. The number of likely N-dealkylation sites (tertiary alicyclic amines) is 2. The van der Waals surface area contributed by atoms with Gasteiger partial charge in [0.1, 0.15) is 35.3 Å². The van der Waals surface area contributed by atoms with Crippen LogP contribution >= 0.6 is 11.3 Å². The van der Waals surface area contributed by atoms with E-state index in [0.717, 1.165) is 83.3 Å². The lowest BCUT2D eigenvalue weighted by molar-refractivity contribution is 0.0273. The molecule has 0 N–H and O–H groups in total. The van der Waals surface area contributed by atoms with E-state index in [4.69, 9.17) is 18.9 Å². The lowest BCUT2D eigenvalue weighted by Crippen LogP contribution is -2.38. The first-order valence-corrected chi connectivity index (χ1v) is 17.0. The van der Waals surface area contributed by atoms with Crippen molar-refractivity contribution in [3.8, 4) is 33.4 Å². The summed E-state index contributed by atoms with van der Waals surface area (Å²) in [6, 6.07) is 20.3. The van der Waals surface area contributed by atoms with E-state index in [2.05, 4.69) is 17.9 Å². The van der Waals surface area contributed by atoms with Crippen molar-refractivity contribution < 1.29 is 28.1 Å². The molecule has 2 aliphatic heterocycles. The normalized spacial score (nSPS) is 18.2. The van der Waals surface area contributed by atoms with Gasteiger partial charge in [-0.05, 0) is 99.2 Å². The molecule has 1 amide bonds. The molecule has 46 heavy (non-hydrogen) atoms. The maximum atomic E-state index is 13.7. The maximum absolute atomic E-state index is 13.7. The second-order valence-electron chi connectivity index (χ2n) is 13.2. The van der Waals surface area contributed by atoms with E-state index in [0.29, 0.717) is 30.8 Å². The maximum Gasteiger partial charge on any atom is 0.410 e. The number of thiophene rings is 1. The van der Waals surface area contributed by atoms with E-state index in [1.165, 1.54) is 12.1 Å².